The summed E-state index contributed by atoms with van der Waals surface area (Å²) in [5, 5.41) is 3.52. The topological polar surface area (TPSA) is 21.3 Å². The van der Waals surface area contributed by atoms with E-state index in [-0.39, 0.29) is 0 Å². The molecule has 0 saturated carbocycles. The predicted octanol–water partition coefficient (Wildman–Crippen LogP) is 3.28. The summed E-state index contributed by atoms with van der Waals surface area (Å²) < 4.78 is 5.43. The van der Waals surface area contributed by atoms with Crippen LogP contribution >= 0.6 is 0 Å². The highest BCUT2D eigenvalue weighted by Gasteiger charge is 2.19. The maximum atomic E-state index is 5.43. The lowest BCUT2D eigenvalue weighted by Gasteiger charge is -2.27. The normalized spacial score (nSPS) is 24.4. The smallest absolute Gasteiger partial charge is 0.0468 e. The fourth-order valence-electron chi connectivity index (χ4n) is 3.09. The van der Waals surface area contributed by atoms with Crippen molar-refractivity contribution < 1.29 is 4.74 Å². The van der Waals surface area contributed by atoms with Crippen LogP contribution < -0.4 is 5.32 Å². The van der Waals surface area contributed by atoms with Gasteiger partial charge in [-0.2, -0.15) is 0 Å². The van der Waals surface area contributed by atoms with E-state index in [0.717, 1.165) is 19.1 Å². The maximum absolute atomic E-state index is 5.43. The van der Waals surface area contributed by atoms with E-state index in [2.05, 4.69) is 18.4 Å². The molecule has 1 aliphatic heterocycles. The van der Waals surface area contributed by atoms with Crippen molar-refractivity contribution in [3.63, 3.8) is 0 Å². The van der Waals surface area contributed by atoms with Gasteiger partial charge in [0.05, 0.1) is 0 Å². The summed E-state index contributed by atoms with van der Waals surface area (Å²) in [7, 11) is 2.12. The monoisotopic (exact) mass is 237 g/mol. The van der Waals surface area contributed by atoms with Crippen molar-refractivity contribution in [3.05, 3.63) is 11.6 Å². The Morgan fingerprint density at radius 1 is 1.35 bits per heavy atom. The van der Waals surface area contributed by atoms with E-state index >= 15 is 0 Å². The first-order valence-electron chi connectivity index (χ1n) is 7.31. The molecule has 17 heavy (non-hydrogen) atoms. The second-order valence-corrected chi connectivity index (χ2v) is 5.59. The van der Waals surface area contributed by atoms with Gasteiger partial charge in [0, 0.05) is 19.3 Å². The molecule has 1 saturated heterocycles. The Morgan fingerprint density at radius 2 is 2.18 bits per heavy atom. The van der Waals surface area contributed by atoms with E-state index in [1.165, 1.54) is 51.4 Å². The molecule has 0 radical (unpaired) electrons. The summed E-state index contributed by atoms with van der Waals surface area (Å²) in [4.78, 5) is 0. The lowest BCUT2D eigenvalue weighted by atomic mass is 9.87. The van der Waals surface area contributed by atoms with Gasteiger partial charge in [0.2, 0.25) is 0 Å². The number of ether oxygens (including phenoxy) is 1. The standard InChI is InChI=1S/C15H27NO/c1-16-15(11-13-5-3-2-4-6-13)12-14-7-9-17-10-8-14/h5,14-16H,2-4,6-12H2,1H3. The Hall–Kier alpha value is -0.340. The van der Waals surface area contributed by atoms with Crippen LogP contribution in [-0.4, -0.2) is 26.3 Å². The van der Waals surface area contributed by atoms with Gasteiger partial charge in [-0.25, -0.2) is 0 Å². The van der Waals surface area contributed by atoms with Gasteiger partial charge >= 0.3 is 0 Å². The second-order valence-electron chi connectivity index (χ2n) is 5.59. The summed E-state index contributed by atoms with van der Waals surface area (Å²) in [5.41, 5.74) is 1.70. The van der Waals surface area contributed by atoms with E-state index in [1.54, 1.807) is 5.57 Å². The SMILES string of the molecule is CNC(CC1=CCCCC1)CC1CCOCC1. The molecular weight excluding hydrogens is 210 g/mol. The molecule has 0 amide bonds. The van der Waals surface area contributed by atoms with Gasteiger partial charge in [0.15, 0.2) is 0 Å². The van der Waals surface area contributed by atoms with E-state index in [1.807, 2.05) is 0 Å². The molecule has 1 heterocycles. The van der Waals surface area contributed by atoms with Crippen molar-refractivity contribution in [1.29, 1.82) is 0 Å². The average Bonchev–Trinajstić information content (AvgIpc) is 2.40. The highest BCUT2D eigenvalue weighted by atomic mass is 16.5. The number of allylic oxidation sites excluding steroid dienone is 1. The number of hydrogen-bond donors (Lipinski definition) is 1. The van der Waals surface area contributed by atoms with Crippen LogP contribution in [0, 0.1) is 5.92 Å². The summed E-state index contributed by atoms with van der Waals surface area (Å²) >= 11 is 0. The largest absolute Gasteiger partial charge is 0.381 e. The molecule has 1 aliphatic carbocycles. The van der Waals surface area contributed by atoms with Gasteiger partial charge in [0.25, 0.3) is 0 Å². The highest BCUT2D eigenvalue weighted by molar-refractivity contribution is 5.07. The van der Waals surface area contributed by atoms with Gasteiger partial charge in [-0.05, 0) is 64.3 Å². The fourth-order valence-corrected chi connectivity index (χ4v) is 3.09. The van der Waals surface area contributed by atoms with Crippen molar-refractivity contribution in [2.45, 2.75) is 57.4 Å². The Morgan fingerprint density at radius 3 is 2.82 bits per heavy atom. The van der Waals surface area contributed by atoms with Gasteiger partial charge in [-0.15, -0.1) is 0 Å². The Balaban J connectivity index is 1.76. The third-order valence-corrected chi connectivity index (χ3v) is 4.26. The zero-order chi connectivity index (χ0) is 11.9. The zero-order valence-electron chi connectivity index (χ0n) is 11.2. The van der Waals surface area contributed by atoms with E-state index in [9.17, 15) is 0 Å². The molecule has 0 aromatic rings. The molecule has 0 aromatic carbocycles. The molecule has 1 N–H and O–H groups in total. The predicted molar refractivity (Wildman–Crippen MR) is 72.2 cm³/mol. The maximum Gasteiger partial charge on any atom is 0.0468 e. The second kappa shape index (κ2) is 7.17. The molecule has 1 unspecified atom stereocenters. The third kappa shape index (κ3) is 4.44. The van der Waals surface area contributed by atoms with Crippen molar-refractivity contribution in [2.75, 3.05) is 20.3 Å². The van der Waals surface area contributed by atoms with Crippen LogP contribution in [0.5, 0.6) is 0 Å². The third-order valence-electron chi connectivity index (χ3n) is 4.26. The zero-order valence-corrected chi connectivity index (χ0v) is 11.2. The minimum Gasteiger partial charge on any atom is -0.381 e. The van der Waals surface area contributed by atoms with E-state index < -0.39 is 0 Å². The first-order chi connectivity index (χ1) is 8.38. The van der Waals surface area contributed by atoms with Crippen molar-refractivity contribution in [1.82, 2.24) is 5.32 Å². The highest BCUT2D eigenvalue weighted by Crippen LogP contribution is 2.26. The van der Waals surface area contributed by atoms with Crippen LogP contribution in [0.15, 0.2) is 11.6 Å². The van der Waals surface area contributed by atoms with Crippen LogP contribution in [0.2, 0.25) is 0 Å². The lowest BCUT2D eigenvalue weighted by molar-refractivity contribution is 0.0608. The number of hydrogen-bond acceptors (Lipinski definition) is 2. The Bertz CT molecular complexity index is 243. The minimum absolute atomic E-state index is 0.683. The molecule has 2 nitrogen and oxygen atoms in total. The Kier molecular flexibility index (Phi) is 5.53. The summed E-state index contributed by atoms with van der Waals surface area (Å²) in [5.74, 6) is 0.880. The summed E-state index contributed by atoms with van der Waals surface area (Å²) in [6, 6.07) is 0.683. The first kappa shape index (κ1) is 13.1. The van der Waals surface area contributed by atoms with Crippen LogP contribution in [0.4, 0.5) is 0 Å². The number of nitrogens with one attached hydrogen (secondary N) is 1. The number of rotatable bonds is 5. The van der Waals surface area contributed by atoms with Crippen molar-refractivity contribution in [2.24, 2.45) is 5.92 Å². The molecule has 0 bridgehead atoms. The van der Waals surface area contributed by atoms with Crippen LogP contribution in [0.1, 0.15) is 51.4 Å². The minimum atomic E-state index is 0.683. The molecular formula is C15H27NO. The molecule has 0 aromatic heterocycles. The molecule has 2 rings (SSSR count). The van der Waals surface area contributed by atoms with E-state index in [4.69, 9.17) is 4.74 Å². The summed E-state index contributed by atoms with van der Waals surface area (Å²) in [6.07, 6.45) is 13.1. The first-order valence-corrected chi connectivity index (χ1v) is 7.31. The van der Waals surface area contributed by atoms with Crippen LogP contribution in [-0.2, 0) is 4.74 Å². The molecule has 2 aliphatic rings. The van der Waals surface area contributed by atoms with Crippen LogP contribution in [0.3, 0.4) is 0 Å². The van der Waals surface area contributed by atoms with Crippen molar-refractivity contribution in [3.8, 4) is 0 Å². The molecule has 98 valence electrons. The van der Waals surface area contributed by atoms with Gasteiger partial charge in [0.1, 0.15) is 0 Å². The fraction of sp³-hybridized carbons (Fsp3) is 0.867. The lowest BCUT2D eigenvalue weighted by Crippen LogP contribution is -2.30. The average molecular weight is 237 g/mol. The Labute approximate surface area is 106 Å². The quantitative estimate of drug-likeness (QED) is 0.741. The van der Waals surface area contributed by atoms with Gasteiger partial charge in [-0.1, -0.05) is 11.6 Å². The summed E-state index contributed by atoms with van der Waals surface area (Å²) in [6.45, 7) is 1.95. The van der Waals surface area contributed by atoms with Gasteiger partial charge in [-0.3, -0.25) is 0 Å². The van der Waals surface area contributed by atoms with E-state index in [0.29, 0.717) is 6.04 Å². The molecule has 0 spiro atoms. The molecule has 1 fully saturated rings. The van der Waals surface area contributed by atoms with Crippen LogP contribution in [0.25, 0.3) is 0 Å². The molecule has 1 atom stereocenters. The van der Waals surface area contributed by atoms with Crippen molar-refractivity contribution >= 4 is 0 Å². The van der Waals surface area contributed by atoms with Gasteiger partial charge < -0.3 is 10.1 Å². The molecule has 2 heteroatoms.